The zero-order valence-corrected chi connectivity index (χ0v) is 11.3. The lowest BCUT2D eigenvalue weighted by Crippen LogP contribution is -2.10. The monoisotopic (exact) mass is 258 g/mol. The van der Waals surface area contributed by atoms with Crippen molar-refractivity contribution in [2.24, 2.45) is 0 Å². The molecule has 0 bridgehead atoms. The lowest BCUT2D eigenvalue weighted by molar-refractivity contribution is 0.0894. The Morgan fingerprint density at radius 3 is 2.58 bits per heavy atom. The lowest BCUT2D eigenvalue weighted by atomic mass is 9.99. The number of rotatable bonds is 6. The van der Waals surface area contributed by atoms with E-state index in [4.69, 9.17) is 9.15 Å². The summed E-state index contributed by atoms with van der Waals surface area (Å²) in [4.78, 5) is 11.7. The van der Waals surface area contributed by atoms with Gasteiger partial charge in [-0.15, -0.1) is 0 Å². The first-order valence-electron chi connectivity index (χ1n) is 6.50. The van der Waals surface area contributed by atoms with Gasteiger partial charge in [-0.25, -0.2) is 0 Å². The minimum atomic E-state index is -0.156. The normalized spacial score (nSPS) is 12.1. The molecule has 0 saturated carbocycles. The predicted octanol–water partition coefficient (Wildman–Crippen LogP) is 4.05. The molecule has 0 aliphatic carbocycles. The number of benzene rings is 1. The van der Waals surface area contributed by atoms with Crippen molar-refractivity contribution in [3.63, 3.8) is 0 Å². The van der Waals surface area contributed by atoms with Crippen LogP contribution in [0.1, 0.15) is 42.3 Å². The van der Waals surface area contributed by atoms with Crippen molar-refractivity contribution < 1.29 is 13.9 Å². The van der Waals surface area contributed by atoms with Crippen molar-refractivity contribution >= 4 is 5.78 Å². The van der Waals surface area contributed by atoms with E-state index in [-0.39, 0.29) is 12.4 Å². The minimum absolute atomic E-state index is 0.00378. The molecule has 19 heavy (non-hydrogen) atoms. The van der Waals surface area contributed by atoms with E-state index < -0.39 is 0 Å². The highest BCUT2D eigenvalue weighted by atomic mass is 16.5. The molecule has 3 heteroatoms. The molecule has 1 unspecified atom stereocenters. The number of furan rings is 1. The van der Waals surface area contributed by atoms with Gasteiger partial charge in [0, 0.05) is 0 Å². The molecule has 0 N–H and O–H groups in total. The minimum Gasteiger partial charge on any atom is -0.485 e. The number of ketones is 1. The topological polar surface area (TPSA) is 39.4 Å². The maximum atomic E-state index is 11.7. The Balaban J connectivity index is 1.91. The zero-order chi connectivity index (χ0) is 13.7. The van der Waals surface area contributed by atoms with Crippen LogP contribution >= 0.6 is 0 Å². The smallest absolute Gasteiger partial charge is 0.235 e. The molecule has 100 valence electrons. The van der Waals surface area contributed by atoms with E-state index in [2.05, 4.69) is 13.8 Å². The molecule has 0 spiro atoms. The third kappa shape index (κ3) is 3.47. The molecule has 0 amide bonds. The van der Waals surface area contributed by atoms with Crippen LogP contribution in [-0.4, -0.2) is 12.4 Å². The number of hydrogen-bond donors (Lipinski definition) is 0. The Labute approximate surface area is 113 Å². The van der Waals surface area contributed by atoms with Crippen molar-refractivity contribution in [3.05, 3.63) is 54.0 Å². The Kier molecular flexibility index (Phi) is 4.39. The summed E-state index contributed by atoms with van der Waals surface area (Å²) in [6.45, 7) is 4.35. The fraction of sp³-hybridized carbons (Fsp3) is 0.312. The van der Waals surface area contributed by atoms with Crippen molar-refractivity contribution in [2.75, 3.05) is 6.61 Å². The van der Waals surface area contributed by atoms with Crippen LogP contribution in [0.15, 0.2) is 47.1 Å². The highest BCUT2D eigenvalue weighted by molar-refractivity contribution is 5.94. The Hall–Kier alpha value is -2.03. The van der Waals surface area contributed by atoms with Crippen LogP contribution < -0.4 is 4.74 Å². The predicted molar refractivity (Wildman–Crippen MR) is 73.7 cm³/mol. The van der Waals surface area contributed by atoms with Gasteiger partial charge >= 0.3 is 0 Å². The summed E-state index contributed by atoms with van der Waals surface area (Å²) in [5.41, 5.74) is 1.28. The zero-order valence-electron chi connectivity index (χ0n) is 11.3. The van der Waals surface area contributed by atoms with Crippen LogP contribution in [0.3, 0.4) is 0 Å². The number of Topliss-reactive ketones (excluding diaryl/α,β-unsaturated/α-hetero) is 1. The molecule has 0 aliphatic heterocycles. The SMILES string of the molecule is CCC(C)c1ccc(OCC(=O)c2ccco2)cc1. The van der Waals surface area contributed by atoms with Crippen molar-refractivity contribution in [1.29, 1.82) is 0 Å². The first-order valence-corrected chi connectivity index (χ1v) is 6.50. The summed E-state index contributed by atoms with van der Waals surface area (Å²) in [6.07, 6.45) is 2.59. The Morgan fingerprint density at radius 2 is 2.00 bits per heavy atom. The highest BCUT2D eigenvalue weighted by Crippen LogP contribution is 2.21. The van der Waals surface area contributed by atoms with Crippen LogP contribution in [0.5, 0.6) is 5.75 Å². The molecule has 2 rings (SSSR count). The molecule has 1 aromatic carbocycles. The fourth-order valence-corrected chi connectivity index (χ4v) is 1.79. The van der Waals surface area contributed by atoms with E-state index in [9.17, 15) is 4.79 Å². The van der Waals surface area contributed by atoms with Gasteiger partial charge in [0.15, 0.2) is 12.4 Å². The molecule has 0 radical (unpaired) electrons. The molecule has 0 fully saturated rings. The second-order valence-corrected chi connectivity index (χ2v) is 4.57. The van der Waals surface area contributed by atoms with Gasteiger partial charge in [-0.3, -0.25) is 4.79 Å². The van der Waals surface area contributed by atoms with E-state index >= 15 is 0 Å². The van der Waals surface area contributed by atoms with Gasteiger partial charge in [-0.1, -0.05) is 26.0 Å². The largest absolute Gasteiger partial charge is 0.485 e. The van der Waals surface area contributed by atoms with Crippen molar-refractivity contribution in [1.82, 2.24) is 0 Å². The summed E-state index contributed by atoms with van der Waals surface area (Å²) >= 11 is 0. The van der Waals surface area contributed by atoms with Gasteiger partial charge in [0.25, 0.3) is 0 Å². The third-order valence-corrected chi connectivity index (χ3v) is 3.23. The van der Waals surface area contributed by atoms with Gasteiger partial charge in [0.05, 0.1) is 6.26 Å². The van der Waals surface area contributed by atoms with E-state index in [1.165, 1.54) is 11.8 Å². The number of carbonyl (C=O) groups is 1. The number of ether oxygens (including phenoxy) is 1. The van der Waals surface area contributed by atoms with Gasteiger partial charge in [-0.2, -0.15) is 0 Å². The quantitative estimate of drug-likeness (QED) is 0.734. The summed E-state index contributed by atoms with van der Waals surface area (Å²) in [7, 11) is 0. The summed E-state index contributed by atoms with van der Waals surface area (Å²) in [5.74, 6) is 1.41. The molecule has 0 saturated heterocycles. The van der Waals surface area contributed by atoms with Crippen molar-refractivity contribution in [2.45, 2.75) is 26.2 Å². The second-order valence-electron chi connectivity index (χ2n) is 4.57. The standard InChI is InChI=1S/C16H18O3/c1-3-12(2)13-6-8-14(9-7-13)19-11-15(17)16-5-4-10-18-16/h4-10,12H,3,11H2,1-2H3. The van der Waals surface area contributed by atoms with Crippen LogP contribution in [0.4, 0.5) is 0 Å². The van der Waals surface area contributed by atoms with Crippen molar-refractivity contribution in [3.8, 4) is 5.75 Å². The summed E-state index contributed by atoms with van der Waals surface area (Å²) < 4.78 is 10.5. The first-order chi connectivity index (χ1) is 9.20. The molecule has 1 atom stereocenters. The Bertz CT molecular complexity index is 511. The summed E-state index contributed by atoms with van der Waals surface area (Å²) in [5, 5.41) is 0. The maximum Gasteiger partial charge on any atom is 0.235 e. The van der Waals surface area contributed by atoms with E-state index in [0.717, 1.165) is 6.42 Å². The van der Waals surface area contributed by atoms with E-state index in [1.807, 2.05) is 24.3 Å². The molecule has 2 aromatic rings. The van der Waals surface area contributed by atoms with Gasteiger partial charge in [0.1, 0.15) is 5.75 Å². The highest BCUT2D eigenvalue weighted by Gasteiger charge is 2.09. The molecular formula is C16H18O3. The first kappa shape index (κ1) is 13.4. The fourth-order valence-electron chi connectivity index (χ4n) is 1.79. The lowest BCUT2D eigenvalue weighted by Gasteiger charge is -2.10. The summed E-state index contributed by atoms with van der Waals surface area (Å²) in [6, 6.07) is 11.2. The van der Waals surface area contributed by atoms with Gasteiger partial charge in [0.2, 0.25) is 5.78 Å². The van der Waals surface area contributed by atoms with Crippen LogP contribution in [0, 0.1) is 0 Å². The molecule has 1 heterocycles. The molecular weight excluding hydrogens is 240 g/mol. The Morgan fingerprint density at radius 1 is 1.26 bits per heavy atom. The van der Waals surface area contributed by atoms with Crippen LogP contribution in [0.2, 0.25) is 0 Å². The average Bonchev–Trinajstić information content (AvgIpc) is 2.98. The number of carbonyl (C=O) groups excluding carboxylic acids is 1. The molecule has 0 aliphatic rings. The molecule has 3 nitrogen and oxygen atoms in total. The van der Waals surface area contributed by atoms with E-state index in [0.29, 0.717) is 17.4 Å². The average molecular weight is 258 g/mol. The molecule has 1 aromatic heterocycles. The third-order valence-electron chi connectivity index (χ3n) is 3.23. The van der Waals surface area contributed by atoms with E-state index in [1.54, 1.807) is 12.1 Å². The van der Waals surface area contributed by atoms with Crippen LogP contribution in [0.25, 0.3) is 0 Å². The van der Waals surface area contributed by atoms with Gasteiger partial charge in [-0.05, 0) is 42.2 Å². The number of hydrogen-bond acceptors (Lipinski definition) is 3. The maximum absolute atomic E-state index is 11.7. The van der Waals surface area contributed by atoms with Gasteiger partial charge < -0.3 is 9.15 Å². The second kappa shape index (κ2) is 6.23. The van der Waals surface area contributed by atoms with Crippen LogP contribution in [-0.2, 0) is 0 Å².